The topological polar surface area (TPSA) is 9.23 Å². The van der Waals surface area contributed by atoms with Crippen LogP contribution in [0.4, 0.5) is 0 Å². The first-order chi connectivity index (χ1) is 7.71. The molecule has 0 aromatic carbocycles. The van der Waals surface area contributed by atoms with Crippen LogP contribution in [0.15, 0.2) is 0 Å². The predicted molar refractivity (Wildman–Crippen MR) is 75.1 cm³/mol. The Morgan fingerprint density at radius 3 is 2.62 bits per heavy atom. The van der Waals surface area contributed by atoms with Crippen LogP contribution in [0.1, 0.15) is 39.0 Å². The largest absolute Gasteiger partial charge is 0.373 e. The molecule has 0 aromatic rings. The summed E-state index contributed by atoms with van der Waals surface area (Å²) in [6.45, 7) is 2.26. The zero-order valence-electron chi connectivity index (χ0n) is 9.80. The van der Waals surface area contributed by atoms with Gasteiger partial charge in [0, 0.05) is 11.8 Å². The lowest BCUT2D eigenvalue weighted by Gasteiger charge is -2.32. The molecule has 1 rings (SSSR count). The molecule has 1 aliphatic rings. The molecule has 0 N–H and O–H groups in total. The van der Waals surface area contributed by atoms with Crippen molar-refractivity contribution in [3.05, 3.63) is 0 Å². The fourth-order valence-electron chi connectivity index (χ4n) is 2.30. The molecule has 0 aliphatic heterocycles. The van der Waals surface area contributed by atoms with E-state index >= 15 is 0 Å². The van der Waals surface area contributed by atoms with E-state index in [-0.39, 0.29) is 10.9 Å². The number of alkyl halides is 3. The van der Waals surface area contributed by atoms with Crippen molar-refractivity contribution in [2.45, 2.75) is 56.1 Å². The van der Waals surface area contributed by atoms with Crippen LogP contribution in [0.2, 0.25) is 0 Å². The third-order valence-electron chi connectivity index (χ3n) is 3.38. The molecule has 16 heavy (non-hydrogen) atoms. The van der Waals surface area contributed by atoms with Gasteiger partial charge < -0.3 is 4.74 Å². The van der Waals surface area contributed by atoms with E-state index in [9.17, 15) is 0 Å². The Labute approximate surface area is 117 Å². The first-order valence-corrected chi connectivity index (χ1v) is 8.11. The van der Waals surface area contributed by atoms with Gasteiger partial charge in [-0.1, -0.05) is 42.1 Å². The maximum atomic E-state index is 6.06. The first-order valence-electron chi connectivity index (χ1n) is 6.12. The standard InChI is InChI=1S/C12H21BrCl2O/c1-2-9-4-3-5-10(6-9)16-12(8-15)11(13)7-14/h9-12H,2-8H2,1H3. The van der Waals surface area contributed by atoms with E-state index < -0.39 is 0 Å². The highest BCUT2D eigenvalue weighted by molar-refractivity contribution is 9.09. The third kappa shape index (κ3) is 4.72. The molecule has 0 radical (unpaired) electrons. The van der Waals surface area contributed by atoms with Crippen LogP contribution in [0, 0.1) is 5.92 Å². The number of hydrogen-bond acceptors (Lipinski definition) is 1. The average Bonchev–Trinajstić information content (AvgIpc) is 2.35. The molecule has 4 unspecified atom stereocenters. The highest BCUT2D eigenvalue weighted by Gasteiger charge is 2.26. The van der Waals surface area contributed by atoms with Crippen LogP contribution in [-0.4, -0.2) is 28.8 Å². The maximum absolute atomic E-state index is 6.06. The van der Waals surface area contributed by atoms with Gasteiger partial charge in [0.05, 0.1) is 17.0 Å². The number of ether oxygens (including phenoxy) is 1. The molecule has 96 valence electrons. The van der Waals surface area contributed by atoms with E-state index in [1.54, 1.807) is 0 Å². The first kappa shape index (κ1) is 15.1. The van der Waals surface area contributed by atoms with Crippen molar-refractivity contribution < 1.29 is 4.74 Å². The molecule has 4 heteroatoms. The maximum Gasteiger partial charge on any atom is 0.0850 e. The summed E-state index contributed by atoms with van der Waals surface area (Å²) >= 11 is 15.3. The molecule has 0 amide bonds. The minimum Gasteiger partial charge on any atom is -0.373 e. The van der Waals surface area contributed by atoms with Crippen molar-refractivity contribution in [1.82, 2.24) is 0 Å². The smallest absolute Gasteiger partial charge is 0.0850 e. The molecule has 1 fully saturated rings. The molecule has 1 nitrogen and oxygen atoms in total. The van der Waals surface area contributed by atoms with E-state index in [0.717, 1.165) is 5.92 Å². The molecule has 1 aliphatic carbocycles. The van der Waals surface area contributed by atoms with E-state index in [4.69, 9.17) is 27.9 Å². The zero-order chi connectivity index (χ0) is 12.0. The fraction of sp³-hybridized carbons (Fsp3) is 1.00. The van der Waals surface area contributed by atoms with E-state index in [1.807, 2.05) is 0 Å². The molecule has 0 bridgehead atoms. The van der Waals surface area contributed by atoms with Crippen LogP contribution in [0.3, 0.4) is 0 Å². The van der Waals surface area contributed by atoms with Crippen LogP contribution in [0.5, 0.6) is 0 Å². The van der Waals surface area contributed by atoms with Gasteiger partial charge in [0.1, 0.15) is 0 Å². The Morgan fingerprint density at radius 2 is 2.06 bits per heavy atom. The van der Waals surface area contributed by atoms with Gasteiger partial charge in [-0.2, -0.15) is 0 Å². The summed E-state index contributed by atoms with van der Waals surface area (Å²) in [4.78, 5) is 0.161. The molecule has 0 spiro atoms. The molecular formula is C12H21BrCl2O. The van der Waals surface area contributed by atoms with Crippen LogP contribution in [0.25, 0.3) is 0 Å². The van der Waals surface area contributed by atoms with Gasteiger partial charge in [-0.25, -0.2) is 0 Å². The number of hydrogen-bond donors (Lipinski definition) is 0. The molecule has 0 aromatic heterocycles. The minimum atomic E-state index is 0.0415. The number of rotatable bonds is 6. The lowest BCUT2D eigenvalue weighted by molar-refractivity contribution is -0.0285. The summed E-state index contributed by atoms with van der Waals surface area (Å²) in [6, 6.07) is 0. The van der Waals surface area contributed by atoms with Crippen molar-refractivity contribution in [3.8, 4) is 0 Å². The average molecular weight is 332 g/mol. The Balaban J connectivity index is 2.38. The highest BCUT2D eigenvalue weighted by atomic mass is 79.9. The predicted octanol–water partition coefficient (Wildman–Crippen LogP) is 4.58. The van der Waals surface area contributed by atoms with Crippen molar-refractivity contribution >= 4 is 39.1 Å². The van der Waals surface area contributed by atoms with Crippen molar-refractivity contribution in [3.63, 3.8) is 0 Å². The van der Waals surface area contributed by atoms with Gasteiger partial charge >= 0.3 is 0 Å². The summed E-state index contributed by atoms with van der Waals surface area (Å²) < 4.78 is 6.06. The van der Waals surface area contributed by atoms with E-state index in [1.165, 1.54) is 32.1 Å². The monoisotopic (exact) mass is 330 g/mol. The molecule has 0 heterocycles. The SMILES string of the molecule is CCC1CCCC(OC(CCl)C(Br)CCl)C1. The van der Waals surface area contributed by atoms with Crippen LogP contribution >= 0.6 is 39.1 Å². The van der Waals surface area contributed by atoms with Gasteiger partial charge in [-0.05, 0) is 18.8 Å². The van der Waals surface area contributed by atoms with Gasteiger partial charge in [-0.15, -0.1) is 23.2 Å². The number of halogens is 3. The zero-order valence-corrected chi connectivity index (χ0v) is 12.9. The highest BCUT2D eigenvalue weighted by Crippen LogP contribution is 2.30. The van der Waals surface area contributed by atoms with Crippen LogP contribution in [-0.2, 0) is 4.74 Å². The fourth-order valence-corrected chi connectivity index (χ4v) is 3.31. The Kier molecular flexibility index (Phi) is 7.71. The lowest BCUT2D eigenvalue weighted by atomic mass is 9.85. The molecule has 4 atom stereocenters. The summed E-state index contributed by atoms with van der Waals surface area (Å²) in [5.41, 5.74) is 0. The molecule has 1 saturated carbocycles. The lowest BCUT2D eigenvalue weighted by Crippen LogP contribution is -2.34. The minimum absolute atomic E-state index is 0.0415. The Morgan fingerprint density at radius 1 is 1.31 bits per heavy atom. The second-order valence-electron chi connectivity index (χ2n) is 4.56. The van der Waals surface area contributed by atoms with E-state index in [2.05, 4.69) is 22.9 Å². The Hall–Kier alpha value is 1.02. The molecular weight excluding hydrogens is 311 g/mol. The second kappa shape index (κ2) is 8.18. The van der Waals surface area contributed by atoms with Crippen molar-refractivity contribution in [2.24, 2.45) is 5.92 Å². The van der Waals surface area contributed by atoms with Crippen molar-refractivity contribution in [1.29, 1.82) is 0 Å². The second-order valence-corrected chi connectivity index (χ2v) is 6.36. The molecule has 0 saturated heterocycles. The van der Waals surface area contributed by atoms with Gasteiger partial charge in [0.2, 0.25) is 0 Å². The summed E-state index contributed by atoms with van der Waals surface area (Å²) in [5, 5.41) is 0. The van der Waals surface area contributed by atoms with Crippen LogP contribution < -0.4 is 0 Å². The quantitative estimate of drug-likeness (QED) is 0.647. The van der Waals surface area contributed by atoms with Gasteiger partial charge in [0.15, 0.2) is 0 Å². The summed E-state index contributed by atoms with van der Waals surface area (Å²) in [5.74, 6) is 1.89. The van der Waals surface area contributed by atoms with Gasteiger partial charge in [-0.3, -0.25) is 0 Å². The van der Waals surface area contributed by atoms with Gasteiger partial charge in [0.25, 0.3) is 0 Å². The Bertz CT molecular complexity index is 192. The van der Waals surface area contributed by atoms with Crippen molar-refractivity contribution in [2.75, 3.05) is 11.8 Å². The summed E-state index contributed by atoms with van der Waals surface area (Å²) in [6.07, 6.45) is 6.68. The normalized spacial score (nSPS) is 30.0. The van der Waals surface area contributed by atoms with E-state index in [0.29, 0.717) is 17.9 Å². The third-order valence-corrected chi connectivity index (χ3v) is 5.30. The summed E-state index contributed by atoms with van der Waals surface area (Å²) in [7, 11) is 0.